The van der Waals surface area contributed by atoms with Gasteiger partial charge in [0.05, 0.1) is 76.8 Å². The fraction of sp³-hybridized carbons (Fsp3) is 0. The molecule has 0 amide bonds. The SMILES string of the molecule is O=c1c2cccnc2c2cccc3c4cc(-c5ccccc5)ccc4n1c32.O=c1c2ccncc2c2cccc3c4cc(-c5ccccc5)ccc4n1c23.O=c1c2cnccc2c2cccc3c4cc(-c5ccccc5)ccc4n1c23.O=c1c2ncccc2c2cccc3c4cc(-c5ccc6sc7ccccc7c6c5)ccc4n1c23.O=c1c2ncccc2c2cccc3c4cc(-c5ccccc5)ccc4n1c23. The largest absolute Gasteiger partial charge is 0.282 e. The normalized spacial score (nSPS) is 11.9. The van der Waals surface area contributed by atoms with Crippen molar-refractivity contribution in [1.82, 2.24) is 46.9 Å². The minimum absolute atomic E-state index is 0.00994. The van der Waals surface area contributed by atoms with Gasteiger partial charge in [-0.1, -0.05) is 279 Å². The number of nitrogens with zero attached hydrogens (tertiary/aromatic N) is 10. The molecule has 142 heavy (non-hydrogen) atoms. The molecule has 32 rings (SSSR count). The van der Waals surface area contributed by atoms with Gasteiger partial charge in [-0.15, -0.1) is 11.3 Å². The van der Waals surface area contributed by atoms with E-state index >= 15 is 0 Å². The van der Waals surface area contributed by atoms with E-state index in [9.17, 15) is 24.0 Å². The Bertz CT molecular complexity index is 10200. The first-order valence-electron chi connectivity index (χ1n) is 47.1. The van der Waals surface area contributed by atoms with Crippen molar-refractivity contribution < 1.29 is 0 Å². The van der Waals surface area contributed by atoms with Gasteiger partial charge in [0, 0.05) is 161 Å². The fourth-order valence-corrected chi connectivity index (χ4v) is 23.4. The van der Waals surface area contributed by atoms with Gasteiger partial charge < -0.3 is 0 Å². The van der Waals surface area contributed by atoms with Crippen LogP contribution in [-0.2, 0) is 0 Å². The van der Waals surface area contributed by atoms with Crippen molar-refractivity contribution in [2.24, 2.45) is 0 Å². The first-order chi connectivity index (χ1) is 70.1. The van der Waals surface area contributed by atoms with E-state index in [1.165, 1.54) is 48.0 Å². The zero-order valence-corrected chi connectivity index (χ0v) is 76.3. The van der Waals surface area contributed by atoms with Crippen LogP contribution in [0.3, 0.4) is 0 Å². The van der Waals surface area contributed by atoms with Gasteiger partial charge in [0.25, 0.3) is 27.8 Å². The van der Waals surface area contributed by atoms with Crippen LogP contribution in [0.15, 0.2) is 462 Å². The van der Waals surface area contributed by atoms with E-state index < -0.39 is 0 Å². The molecular formula is C126H72N10O5S. The third-order valence-corrected chi connectivity index (χ3v) is 29.8. The Balaban J connectivity index is 0.0000000870. The summed E-state index contributed by atoms with van der Waals surface area (Å²) in [7, 11) is 0. The second-order valence-electron chi connectivity index (χ2n) is 36.2. The van der Waals surface area contributed by atoms with Crippen LogP contribution in [0, 0.1) is 0 Å². The fourth-order valence-electron chi connectivity index (χ4n) is 22.3. The molecule has 662 valence electrons. The minimum Gasteiger partial charge on any atom is -0.275 e. The molecule has 16 heteroatoms. The number of para-hydroxylation sites is 5. The summed E-state index contributed by atoms with van der Waals surface area (Å²) in [6.45, 7) is 0. The molecule has 32 aromatic rings. The number of pyridine rings is 10. The molecule has 0 aliphatic heterocycles. The summed E-state index contributed by atoms with van der Waals surface area (Å²) in [6.07, 6.45) is 12.0. The first kappa shape index (κ1) is 81.2. The highest BCUT2D eigenvalue weighted by Crippen LogP contribution is 2.45. The Labute approximate surface area is 808 Å². The van der Waals surface area contributed by atoms with Crippen molar-refractivity contribution >= 4 is 222 Å². The lowest BCUT2D eigenvalue weighted by atomic mass is 10.0. The van der Waals surface area contributed by atoms with Crippen molar-refractivity contribution in [3.05, 3.63) is 489 Å². The van der Waals surface area contributed by atoms with Crippen LogP contribution in [0.5, 0.6) is 0 Å². The molecule has 0 atom stereocenters. The molecule has 15 nitrogen and oxygen atoms in total. The molecule has 16 aromatic heterocycles. The molecule has 0 fully saturated rings. The van der Waals surface area contributed by atoms with Crippen LogP contribution >= 0.6 is 11.3 Å². The van der Waals surface area contributed by atoms with E-state index in [1.54, 1.807) is 43.4 Å². The van der Waals surface area contributed by atoms with Crippen LogP contribution < -0.4 is 27.8 Å². The predicted molar refractivity (Wildman–Crippen MR) is 586 cm³/mol. The molecule has 0 aliphatic rings. The van der Waals surface area contributed by atoms with Gasteiger partial charge in [-0.3, -0.25) is 70.9 Å². The number of hydrogen-bond acceptors (Lipinski definition) is 11. The monoisotopic (exact) mass is 1840 g/mol. The minimum atomic E-state index is -0.0618. The Morgan fingerprint density at radius 2 is 0.437 bits per heavy atom. The van der Waals surface area contributed by atoms with Crippen LogP contribution in [0.1, 0.15) is 0 Å². The Morgan fingerprint density at radius 1 is 0.162 bits per heavy atom. The highest BCUT2D eigenvalue weighted by atomic mass is 32.1. The zero-order valence-electron chi connectivity index (χ0n) is 75.5. The number of benzene rings is 16. The summed E-state index contributed by atoms with van der Waals surface area (Å²) < 4.78 is 11.8. The highest BCUT2D eigenvalue weighted by molar-refractivity contribution is 7.25. The summed E-state index contributed by atoms with van der Waals surface area (Å²) in [5, 5.41) is 24.5. The van der Waals surface area contributed by atoms with Gasteiger partial charge in [0.15, 0.2) is 0 Å². The third-order valence-electron chi connectivity index (χ3n) is 28.7. The average molecular weight is 1840 g/mol. The van der Waals surface area contributed by atoms with Gasteiger partial charge in [-0.05, 0) is 176 Å². The topological polar surface area (TPSA) is 172 Å². The maximum Gasteiger partial charge on any atom is 0.282 e. The number of aromatic nitrogens is 10. The Kier molecular flexibility index (Phi) is 18.3. The van der Waals surface area contributed by atoms with Crippen LogP contribution in [-0.4, -0.2) is 46.9 Å². The molecule has 0 N–H and O–H groups in total. The average Bonchev–Trinajstić information content (AvgIpc) is 1.57. The van der Waals surface area contributed by atoms with Crippen molar-refractivity contribution in [3.63, 3.8) is 0 Å². The van der Waals surface area contributed by atoms with Crippen LogP contribution in [0.4, 0.5) is 0 Å². The zero-order chi connectivity index (χ0) is 94.2. The van der Waals surface area contributed by atoms with Crippen molar-refractivity contribution in [1.29, 1.82) is 0 Å². The molecule has 16 heterocycles. The van der Waals surface area contributed by atoms with Crippen molar-refractivity contribution in [2.75, 3.05) is 0 Å². The van der Waals surface area contributed by atoms with Gasteiger partial charge in [0.1, 0.15) is 11.0 Å². The molecular weight excluding hydrogens is 1770 g/mol. The number of fused-ring (bicyclic) bond motifs is 28. The number of thiophene rings is 1. The summed E-state index contributed by atoms with van der Waals surface area (Å²) >= 11 is 1.83. The van der Waals surface area contributed by atoms with Gasteiger partial charge in [-0.25, -0.2) is 0 Å². The lowest BCUT2D eigenvalue weighted by Crippen LogP contribution is -2.13. The highest BCUT2D eigenvalue weighted by Gasteiger charge is 2.26. The summed E-state index contributed by atoms with van der Waals surface area (Å²) in [5.74, 6) is 0. The summed E-state index contributed by atoms with van der Waals surface area (Å²) in [5.41, 5.74) is 22.8. The molecule has 0 spiro atoms. The van der Waals surface area contributed by atoms with Crippen LogP contribution in [0.25, 0.3) is 266 Å². The lowest BCUT2D eigenvalue weighted by molar-refractivity contribution is 1.18. The summed E-state index contributed by atoms with van der Waals surface area (Å²) in [6, 6.07) is 135. The van der Waals surface area contributed by atoms with E-state index in [2.05, 4.69) is 280 Å². The first-order valence-corrected chi connectivity index (χ1v) is 47.9. The number of rotatable bonds is 5. The maximum atomic E-state index is 13.5. The molecule has 0 bridgehead atoms. The predicted octanol–water partition coefficient (Wildman–Crippen LogP) is 28.7. The second-order valence-corrected chi connectivity index (χ2v) is 37.3. The Morgan fingerprint density at radius 3 is 0.852 bits per heavy atom. The van der Waals surface area contributed by atoms with E-state index in [4.69, 9.17) is 0 Å². The smallest absolute Gasteiger partial charge is 0.275 e. The van der Waals surface area contributed by atoms with E-state index in [-0.39, 0.29) is 27.8 Å². The molecule has 16 aromatic carbocycles. The Hall–Kier alpha value is -19.2. The standard InChI is InChI=1S/C30H16N2OS.4C24H14N2O/c33-30-28-20(8-4-14-31-28)21-6-3-7-22-23-15-17(10-12-25(23)32(30)29(21)22)18-11-13-27-24(16-18)19-5-1-2-9-26(19)34-27;27-24-22-17(10-5-13-25-22)18-8-4-9-19-20-14-16(15-6-2-1-3-7-15)11-12-21(20)26(24)23(18)19;27-24-19-10-5-13-25-22(19)18-9-4-8-17-20-14-16(15-6-2-1-3-7-15)11-12-21(20)26(24)23(17)18;27-24-21-14-25-12-11-17(21)18-7-4-8-19-20-13-16(15-5-2-1-3-6-15)9-10-22(20)26(24)23(18)19;27-24-19-11-12-25-14-21(19)18-8-4-7-17-20-13-16(15-5-2-1-3-6-15)9-10-22(20)26(24)23(17)18/h1-16H;4*1-14H. The van der Waals surface area contributed by atoms with Crippen LogP contribution in [0.2, 0.25) is 0 Å². The summed E-state index contributed by atoms with van der Waals surface area (Å²) in [4.78, 5) is 88.1. The van der Waals surface area contributed by atoms with E-state index in [0.717, 1.165) is 191 Å². The van der Waals surface area contributed by atoms with Gasteiger partial charge in [0.2, 0.25) is 0 Å². The third kappa shape index (κ3) is 12.4. The second kappa shape index (κ2) is 32.0. The molecule has 0 saturated heterocycles. The van der Waals surface area contributed by atoms with Gasteiger partial charge in [-0.2, -0.15) is 0 Å². The molecule has 0 radical (unpaired) electrons. The van der Waals surface area contributed by atoms with E-state index in [0.29, 0.717) is 27.2 Å². The molecule has 0 unspecified atom stereocenters. The molecule has 0 saturated carbocycles. The molecule has 0 aliphatic carbocycles. The quantitative estimate of drug-likeness (QED) is 0.151. The van der Waals surface area contributed by atoms with Gasteiger partial charge >= 0.3 is 0 Å². The van der Waals surface area contributed by atoms with Crippen molar-refractivity contribution in [3.8, 4) is 55.6 Å². The van der Waals surface area contributed by atoms with Crippen molar-refractivity contribution in [2.45, 2.75) is 0 Å². The van der Waals surface area contributed by atoms with E-state index in [1.807, 2.05) is 173 Å². The number of hydrogen-bond donors (Lipinski definition) is 0. The lowest BCUT2D eigenvalue weighted by Gasteiger charge is -2.05. The maximum absolute atomic E-state index is 13.5.